The van der Waals surface area contributed by atoms with E-state index in [2.05, 4.69) is 22.0 Å². The zero-order valence-corrected chi connectivity index (χ0v) is 11.8. The number of nitriles is 1. The molecule has 0 aromatic heterocycles. The van der Waals surface area contributed by atoms with Gasteiger partial charge in [-0.25, -0.2) is 0 Å². The SMILES string of the molecule is COc1cc(N)ccc1Oc1cc(Br)ccc1C#N. The van der Waals surface area contributed by atoms with Gasteiger partial charge in [0.2, 0.25) is 0 Å². The summed E-state index contributed by atoms with van der Waals surface area (Å²) in [6.45, 7) is 0. The topological polar surface area (TPSA) is 68.3 Å². The molecule has 5 heteroatoms. The van der Waals surface area contributed by atoms with Gasteiger partial charge in [-0.2, -0.15) is 5.26 Å². The Bertz CT molecular complexity index is 650. The fourth-order valence-corrected chi connectivity index (χ4v) is 1.90. The van der Waals surface area contributed by atoms with Crippen LogP contribution < -0.4 is 15.2 Å². The van der Waals surface area contributed by atoms with Crippen molar-refractivity contribution < 1.29 is 9.47 Å². The first-order chi connectivity index (χ1) is 9.13. The lowest BCUT2D eigenvalue weighted by atomic mass is 10.2. The molecule has 0 saturated heterocycles. The molecule has 0 heterocycles. The molecular formula is C14H11BrN2O2. The number of nitrogens with two attached hydrogens (primary N) is 1. The summed E-state index contributed by atoms with van der Waals surface area (Å²) in [6.07, 6.45) is 0. The van der Waals surface area contributed by atoms with E-state index >= 15 is 0 Å². The van der Waals surface area contributed by atoms with Crippen LogP contribution in [-0.4, -0.2) is 7.11 Å². The average molecular weight is 319 g/mol. The summed E-state index contributed by atoms with van der Waals surface area (Å²) < 4.78 is 11.8. The molecule has 2 aromatic carbocycles. The Hall–Kier alpha value is -2.19. The highest BCUT2D eigenvalue weighted by molar-refractivity contribution is 9.10. The number of methoxy groups -OCH3 is 1. The number of benzene rings is 2. The molecule has 0 spiro atoms. The standard InChI is InChI=1S/C14H11BrN2O2/c1-18-14-7-11(17)4-5-12(14)19-13-6-10(15)3-2-9(13)8-16/h2-7H,17H2,1H3. The largest absolute Gasteiger partial charge is 0.493 e. The summed E-state index contributed by atoms with van der Waals surface area (Å²) in [5.74, 6) is 1.48. The van der Waals surface area contributed by atoms with Crippen LogP contribution in [0.1, 0.15) is 5.56 Å². The number of halogens is 1. The van der Waals surface area contributed by atoms with E-state index in [4.69, 9.17) is 20.5 Å². The Labute approximate surface area is 119 Å². The summed E-state index contributed by atoms with van der Waals surface area (Å²) in [4.78, 5) is 0. The third-order valence-electron chi connectivity index (χ3n) is 2.47. The van der Waals surface area contributed by atoms with Crippen LogP contribution in [0, 0.1) is 11.3 Å². The monoisotopic (exact) mass is 318 g/mol. The number of ether oxygens (including phenoxy) is 2. The molecule has 0 aliphatic heterocycles. The molecule has 0 aliphatic carbocycles. The van der Waals surface area contributed by atoms with Crippen LogP contribution >= 0.6 is 15.9 Å². The molecule has 0 fully saturated rings. The Kier molecular flexibility index (Phi) is 3.93. The predicted octanol–water partition coefficient (Wildman–Crippen LogP) is 3.70. The fraction of sp³-hybridized carbons (Fsp3) is 0.0714. The smallest absolute Gasteiger partial charge is 0.169 e. The molecule has 2 rings (SSSR count). The van der Waals surface area contributed by atoms with Crippen molar-refractivity contribution in [2.75, 3.05) is 12.8 Å². The Morgan fingerprint density at radius 1 is 1.11 bits per heavy atom. The lowest BCUT2D eigenvalue weighted by Crippen LogP contribution is -1.94. The van der Waals surface area contributed by atoms with Crippen LogP contribution in [-0.2, 0) is 0 Å². The number of hydrogen-bond acceptors (Lipinski definition) is 4. The Morgan fingerprint density at radius 3 is 2.58 bits per heavy atom. The van der Waals surface area contributed by atoms with Crippen molar-refractivity contribution >= 4 is 21.6 Å². The van der Waals surface area contributed by atoms with Gasteiger partial charge in [-0.15, -0.1) is 0 Å². The third kappa shape index (κ3) is 2.98. The van der Waals surface area contributed by atoms with Crippen LogP contribution in [0.15, 0.2) is 40.9 Å². The van der Waals surface area contributed by atoms with E-state index in [0.29, 0.717) is 28.5 Å². The van der Waals surface area contributed by atoms with Crippen LogP contribution in [0.4, 0.5) is 5.69 Å². The lowest BCUT2D eigenvalue weighted by Gasteiger charge is -2.12. The summed E-state index contributed by atoms with van der Waals surface area (Å²) >= 11 is 3.35. The van der Waals surface area contributed by atoms with Gasteiger partial charge in [0.1, 0.15) is 11.8 Å². The Morgan fingerprint density at radius 2 is 1.89 bits per heavy atom. The molecule has 19 heavy (non-hydrogen) atoms. The van der Waals surface area contributed by atoms with Crippen LogP contribution in [0.5, 0.6) is 17.2 Å². The lowest BCUT2D eigenvalue weighted by molar-refractivity contribution is 0.379. The normalized spacial score (nSPS) is 9.74. The fourth-order valence-electron chi connectivity index (χ4n) is 1.56. The van der Waals surface area contributed by atoms with Crippen molar-refractivity contribution in [2.45, 2.75) is 0 Å². The average Bonchev–Trinajstić information content (AvgIpc) is 2.41. The van der Waals surface area contributed by atoms with E-state index < -0.39 is 0 Å². The minimum Gasteiger partial charge on any atom is -0.493 e. The van der Waals surface area contributed by atoms with E-state index in [0.717, 1.165) is 4.47 Å². The third-order valence-corrected chi connectivity index (χ3v) is 2.96. The van der Waals surface area contributed by atoms with Crippen LogP contribution in [0.25, 0.3) is 0 Å². The van der Waals surface area contributed by atoms with Gasteiger partial charge in [0.15, 0.2) is 11.5 Å². The molecule has 0 radical (unpaired) electrons. The number of nitrogen functional groups attached to an aromatic ring is 1. The minimum absolute atomic E-state index is 0.446. The quantitative estimate of drug-likeness (QED) is 0.876. The molecule has 0 bridgehead atoms. The molecule has 0 unspecified atom stereocenters. The zero-order chi connectivity index (χ0) is 13.8. The highest BCUT2D eigenvalue weighted by atomic mass is 79.9. The summed E-state index contributed by atoms with van der Waals surface area (Å²) in [5.41, 5.74) is 6.71. The van der Waals surface area contributed by atoms with E-state index in [1.807, 2.05) is 0 Å². The number of anilines is 1. The first kappa shape index (κ1) is 13.2. The molecule has 0 atom stereocenters. The molecule has 2 N–H and O–H groups in total. The summed E-state index contributed by atoms with van der Waals surface area (Å²) in [6, 6.07) is 12.4. The second-order valence-electron chi connectivity index (χ2n) is 3.76. The number of nitrogens with zero attached hydrogens (tertiary/aromatic N) is 1. The molecule has 2 aromatic rings. The molecule has 4 nitrogen and oxygen atoms in total. The molecule has 0 aliphatic rings. The van der Waals surface area contributed by atoms with Crippen molar-refractivity contribution in [3.63, 3.8) is 0 Å². The molecular weight excluding hydrogens is 308 g/mol. The number of rotatable bonds is 3. The van der Waals surface area contributed by atoms with Gasteiger partial charge >= 0.3 is 0 Å². The van der Waals surface area contributed by atoms with E-state index in [9.17, 15) is 0 Å². The second-order valence-corrected chi connectivity index (χ2v) is 4.68. The molecule has 96 valence electrons. The van der Waals surface area contributed by atoms with Gasteiger partial charge in [-0.3, -0.25) is 0 Å². The van der Waals surface area contributed by atoms with E-state index in [1.54, 1.807) is 36.4 Å². The van der Waals surface area contributed by atoms with Crippen molar-refractivity contribution in [1.29, 1.82) is 5.26 Å². The maximum atomic E-state index is 9.06. The summed E-state index contributed by atoms with van der Waals surface area (Å²) in [5, 5.41) is 9.06. The predicted molar refractivity (Wildman–Crippen MR) is 76.3 cm³/mol. The maximum Gasteiger partial charge on any atom is 0.169 e. The first-order valence-electron chi connectivity index (χ1n) is 5.45. The highest BCUT2D eigenvalue weighted by Gasteiger charge is 2.10. The second kappa shape index (κ2) is 5.63. The molecule has 0 saturated carbocycles. The maximum absolute atomic E-state index is 9.06. The van der Waals surface area contributed by atoms with Crippen LogP contribution in [0.3, 0.4) is 0 Å². The van der Waals surface area contributed by atoms with Gasteiger partial charge in [0, 0.05) is 16.2 Å². The van der Waals surface area contributed by atoms with Gasteiger partial charge < -0.3 is 15.2 Å². The van der Waals surface area contributed by atoms with Gasteiger partial charge in [0.25, 0.3) is 0 Å². The number of hydrogen-bond donors (Lipinski definition) is 1. The van der Waals surface area contributed by atoms with Crippen molar-refractivity contribution in [3.8, 4) is 23.3 Å². The summed E-state index contributed by atoms with van der Waals surface area (Å²) in [7, 11) is 1.54. The van der Waals surface area contributed by atoms with E-state index in [-0.39, 0.29) is 0 Å². The minimum atomic E-state index is 0.446. The Balaban J connectivity index is 2.41. The van der Waals surface area contributed by atoms with Gasteiger partial charge in [-0.05, 0) is 30.3 Å². The van der Waals surface area contributed by atoms with Gasteiger partial charge in [0.05, 0.1) is 12.7 Å². The molecule has 0 amide bonds. The van der Waals surface area contributed by atoms with Crippen molar-refractivity contribution in [1.82, 2.24) is 0 Å². The van der Waals surface area contributed by atoms with Crippen LogP contribution in [0.2, 0.25) is 0 Å². The van der Waals surface area contributed by atoms with E-state index in [1.165, 1.54) is 7.11 Å². The van der Waals surface area contributed by atoms with Crippen molar-refractivity contribution in [3.05, 3.63) is 46.4 Å². The highest BCUT2D eigenvalue weighted by Crippen LogP contribution is 2.35. The van der Waals surface area contributed by atoms with Crippen molar-refractivity contribution in [2.24, 2.45) is 0 Å². The van der Waals surface area contributed by atoms with Gasteiger partial charge in [-0.1, -0.05) is 15.9 Å². The first-order valence-corrected chi connectivity index (χ1v) is 6.24. The zero-order valence-electron chi connectivity index (χ0n) is 10.2.